The summed E-state index contributed by atoms with van der Waals surface area (Å²) in [4.78, 5) is 20.4. The third-order valence-corrected chi connectivity index (χ3v) is 8.53. The number of nitrogens with one attached hydrogen (secondary N) is 1. The van der Waals surface area contributed by atoms with Gasteiger partial charge >= 0.3 is 5.69 Å². The molecule has 0 aliphatic heterocycles. The van der Waals surface area contributed by atoms with E-state index in [-0.39, 0.29) is 22.1 Å². The van der Waals surface area contributed by atoms with Gasteiger partial charge in [-0.15, -0.1) is 0 Å². The second-order valence-electron chi connectivity index (χ2n) is 6.56. The number of anilines is 1. The summed E-state index contributed by atoms with van der Waals surface area (Å²) in [5.74, 6) is 1.82. The molecule has 0 bridgehead atoms. The molecule has 1 aromatic carbocycles. The van der Waals surface area contributed by atoms with Gasteiger partial charge < -0.3 is 0 Å². The van der Waals surface area contributed by atoms with Crippen LogP contribution in [0.2, 0.25) is 18.1 Å². The number of nitro groups is 2. The lowest BCUT2D eigenvalue weighted by Crippen LogP contribution is -2.39. The molecule has 22 heavy (non-hydrogen) atoms. The topological polar surface area (TPSA) is 111 Å². The minimum absolute atomic E-state index is 0.0968. The van der Waals surface area contributed by atoms with E-state index in [0.717, 1.165) is 6.07 Å². The molecule has 0 heterocycles. The van der Waals surface area contributed by atoms with Gasteiger partial charge in [-0.2, -0.15) is 5.10 Å². The van der Waals surface area contributed by atoms with Crippen molar-refractivity contribution in [2.75, 3.05) is 5.43 Å². The van der Waals surface area contributed by atoms with E-state index >= 15 is 0 Å². The largest absolute Gasteiger partial charge is 0.301 e. The van der Waals surface area contributed by atoms with Crippen molar-refractivity contribution in [1.29, 1.82) is 0 Å². The highest BCUT2D eigenvalue weighted by atomic mass is 28.3. The summed E-state index contributed by atoms with van der Waals surface area (Å²) in [5, 5.41) is 25.9. The summed E-state index contributed by atoms with van der Waals surface area (Å²) in [6.45, 7) is 10.7. The Balaban J connectivity index is 3.04. The zero-order valence-corrected chi connectivity index (χ0v) is 14.3. The van der Waals surface area contributed by atoms with Crippen LogP contribution in [0, 0.1) is 20.2 Å². The number of hydrogen-bond acceptors (Lipinski definition) is 6. The van der Waals surface area contributed by atoms with Crippen LogP contribution >= 0.6 is 0 Å². The quantitative estimate of drug-likeness (QED) is 0.381. The molecule has 9 heteroatoms. The van der Waals surface area contributed by atoms with E-state index < -0.39 is 17.9 Å². The van der Waals surface area contributed by atoms with Crippen molar-refractivity contribution in [3.63, 3.8) is 0 Å². The molecular formula is C13H20N4O4Si. The second-order valence-corrected chi connectivity index (χ2v) is 11.8. The number of hydrazone groups is 1. The van der Waals surface area contributed by atoms with E-state index in [4.69, 9.17) is 0 Å². The number of nitrogens with zero attached hydrogens (tertiary/aromatic N) is 3. The maximum Gasteiger partial charge on any atom is 0.301 e. The lowest BCUT2D eigenvalue weighted by molar-refractivity contribution is -0.393. The third kappa shape index (κ3) is 4.10. The Morgan fingerprint density at radius 3 is 2.23 bits per heavy atom. The molecule has 1 aromatic rings. The molecule has 1 N–H and O–H groups in total. The first-order valence-corrected chi connectivity index (χ1v) is 9.76. The van der Waals surface area contributed by atoms with Crippen molar-refractivity contribution in [2.45, 2.75) is 38.9 Å². The molecule has 0 saturated carbocycles. The van der Waals surface area contributed by atoms with Crippen molar-refractivity contribution in [3.05, 3.63) is 38.4 Å². The van der Waals surface area contributed by atoms with Crippen LogP contribution in [-0.4, -0.2) is 23.8 Å². The van der Waals surface area contributed by atoms with Crippen LogP contribution in [-0.2, 0) is 0 Å². The summed E-state index contributed by atoms with van der Waals surface area (Å²) in [5.41, 5.74) is 2.06. The summed E-state index contributed by atoms with van der Waals surface area (Å²) < 4.78 is 0. The molecule has 0 saturated heterocycles. The Hall–Kier alpha value is -2.29. The smallest absolute Gasteiger partial charge is 0.272 e. The number of rotatable bonds is 5. The highest BCUT2D eigenvalue weighted by Gasteiger charge is 2.33. The Bertz CT molecular complexity index is 623. The summed E-state index contributed by atoms with van der Waals surface area (Å²) in [6.07, 6.45) is 0. The van der Waals surface area contributed by atoms with Crippen LogP contribution in [0.3, 0.4) is 0 Å². The van der Waals surface area contributed by atoms with Crippen LogP contribution < -0.4 is 5.43 Å². The molecule has 1 rings (SSSR count). The summed E-state index contributed by atoms with van der Waals surface area (Å²) in [6, 6.07) is 3.42. The predicted octanol–water partition coefficient (Wildman–Crippen LogP) is 3.95. The maximum atomic E-state index is 11.0. The van der Waals surface area contributed by atoms with Crippen LogP contribution in [0.15, 0.2) is 23.3 Å². The normalized spacial score (nSPS) is 12.4. The lowest BCUT2D eigenvalue weighted by atomic mass is 10.2. The molecule has 0 aliphatic carbocycles. The second kappa shape index (κ2) is 6.22. The average molecular weight is 324 g/mol. The monoisotopic (exact) mass is 324 g/mol. The van der Waals surface area contributed by atoms with E-state index in [1.807, 2.05) is 5.84 Å². The molecule has 0 fully saturated rings. The molecule has 0 aromatic heterocycles. The molecule has 0 amide bonds. The third-order valence-electron chi connectivity index (χ3n) is 3.89. The molecular weight excluding hydrogens is 304 g/mol. The fraction of sp³-hybridized carbons (Fsp3) is 0.462. The van der Waals surface area contributed by atoms with Gasteiger partial charge in [0, 0.05) is 11.9 Å². The first kappa shape index (κ1) is 17.8. The van der Waals surface area contributed by atoms with E-state index in [1.165, 1.54) is 12.1 Å². The minimum Gasteiger partial charge on any atom is -0.272 e. The number of nitro benzene ring substituents is 2. The van der Waals surface area contributed by atoms with Gasteiger partial charge in [0.25, 0.3) is 5.69 Å². The van der Waals surface area contributed by atoms with Crippen LogP contribution in [0.4, 0.5) is 17.1 Å². The van der Waals surface area contributed by atoms with Gasteiger partial charge in [0.1, 0.15) is 13.8 Å². The van der Waals surface area contributed by atoms with Gasteiger partial charge in [-0.1, -0.05) is 33.9 Å². The number of benzene rings is 1. The molecule has 120 valence electrons. The highest BCUT2D eigenvalue weighted by Crippen LogP contribution is 2.34. The van der Waals surface area contributed by atoms with Gasteiger partial charge in [-0.25, -0.2) is 0 Å². The van der Waals surface area contributed by atoms with Gasteiger partial charge in [0.2, 0.25) is 0 Å². The zero-order valence-electron chi connectivity index (χ0n) is 13.3. The Labute approximate surface area is 129 Å². The Morgan fingerprint density at radius 2 is 1.77 bits per heavy atom. The fourth-order valence-electron chi connectivity index (χ4n) is 1.34. The Kier molecular flexibility index (Phi) is 5.02. The minimum atomic E-state index is -1.76. The first-order valence-electron chi connectivity index (χ1n) is 6.69. The molecule has 8 nitrogen and oxygen atoms in total. The van der Waals surface area contributed by atoms with E-state index in [1.54, 1.807) is 0 Å². The van der Waals surface area contributed by atoms with Crippen LogP contribution in [0.5, 0.6) is 0 Å². The molecule has 0 spiro atoms. The molecule has 0 radical (unpaired) electrons. The van der Waals surface area contributed by atoms with Crippen molar-refractivity contribution < 1.29 is 9.85 Å². The van der Waals surface area contributed by atoms with Crippen LogP contribution in [0.25, 0.3) is 0 Å². The lowest BCUT2D eigenvalue weighted by Gasteiger charge is -2.32. The van der Waals surface area contributed by atoms with Crippen molar-refractivity contribution in [1.82, 2.24) is 0 Å². The van der Waals surface area contributed by atoms with Gasteiger partial charge in [0.15, 0.2) is 0 Å². The Morgan fingerprint density at radius 1 is 1.18 bits per heavy atom. The molecule has 0 aliphatic rings. The zero-order chi connectivity index (χ0) is 17.1. The first-order chi connectivity index (χ1) is 9.95. The highest BCUT2D eigenvalue weighted by molar-refractivity contribution is 7.02. The van der Waals surface area contributed by atoms with Gasteiger partial charge in [-0.05, 0) is 11.1 Å². The summed E-state index contributed by atoms with van der Waals surface area (Å²) in [7, 11) is -1.76. The van der Waals surface area contributed by atoms with E-state index in [2.05, 4.69) is 44.4 Å². The van der Waals surface area contributed by atoms with E-state index in [9.17, 15) is 20.2 Å². The van der Waals surface area contributed by atoms with Crippen LogP contribution in [0.1, 0.15) is 20.8 Å². The number of hydrogen-bond donors (Lipinski definition) is 1. The molecule has 0 atom stereocenters. The SMILES string of the molecule is CC(C)(C)[Si](C)(C)/C=N\Nc1ccc([N+](=O)[O-])cc1[N+](=O)[O-]. The number of non-ortho nitro benzene ring substituents is 1. The molecule has 0 unspecified atom stereocenters. The van der Waals surface area contributed by atoms with Crippen molar-refractivity contribution >= 4 is 31.0 Å². The predicted molar refractivity (Wildman–Crippen MR) is 89.1 cm³/mol. The average Bonchev–Trinajstić information content (AvgIpc) is 2.36. The fourth-order valence-corrected chi connectivity index (χ4v) is 2.11. The van der Waals surface area contributed by atoms with Crippen molar-refractivity contribution in [2.24, 2.45) is 5.10 Å². The van der Waals surface area contributed by atoms with Gasteiger partial charge in [0.05, 0.1) is 15.9 Å². The maximum absolute atomic E-state index is 11.0. The summed E-state index contributed by atoms with van der Waals surface area (Å²) >= 11 is 0. The van der Waals surface area contributed by atoms with E-state index in [0.29, 0.717) is 0 Å². The standard InChI is InChI=1S/C13H20N4O4Si/c1-13(2,3)22(4,5)9-14-15-11-7-6-10(16(18)19)8-12(11)17(20)21/h6-9,15H,1-5H3/b14-9-. The van der Waals surface area contributed by atoms with Gasteiger partial charge in [-0.3, -0.25) is 25.7 Å². The van der Waals surface area contributed by atoms with Crippen molar-refractivity contribution in [3.8, 4) is 0 Å².